The summed E-state index contributed by atoms with van der Waals surface area (Å²) in [5, 5.41) is 8.05. The van der Waals surface area contributed by atoms with Crippen molar-refractivity contribution < 1.29 is 9.59 Å². The number of rotatable bonds is 10. The number of benzene rings is 3. The van der Waals surface area contributed by atoms with Gasteiger partial charge in [-0.2, -0.15) is 5.10 Å². The van der Waals surface area contributed by atoms with Crippen LogP contribution in [0.4, 0.5) is 5.69 Å². The summed E-state index contributed by atoms with van der Waals surface area (Å²) in [4.78, 5) is 38.4. The molecule has 47 heavy (non-hydrogen) atoms. The molecule has 250 valence electrons. The molecule has 2 aliphatic heterocycles. The summed E-state index contributed by atoms with van der Waals surface area (Å²) in [5.74, 6) is -0.170. The number of fused-ring (bicyclic) bond motifs is 1. The molecule has 2 atom stereocenters. The van der Waals surface area contributed by atoms with Crippen LogP contribution in [0.15, 0.2) is 85.5 Å². The first kappa shape index (κ1) is 36.2. The summed E-state index contributed by atoms with van der Waals surface area (Å²) in [6.07, 6.45) is 3.96. The molecule has 0 spiro atoms. The molecule has 1 N–H and O–H groups in total. The van der Waals surface area contributed by atoms with Crippen molar-refractivity contribution in [3.63, 3.8) is 0 Å². The van der Waals surface area contributed by atoms with Crippen LogP contribution in [0.1, 0.15) is 48.6 Å². The van der Waals surface area contributed by atoms with Crippen molar-refractivity contribution in [2.24, 2.45) is 0 Å². The molecule has 3 heterocycles. The van der Waals surface area contributed by atoms with Gasteiger partial charge in [-0.05, 0) is 54.3 Å². The molecule has 2 aliphatic rings. The van der Waals surface area contributed by atoms with Gasteiger partial charge in [-0.3, -0.25) is 14.5 Å². The van der Waals surface area contributed by atoms with Gasteiger partial charge in [-0.1, -0.05) is 66.2 Å². The second-order valence-corrected chi connectivity index (χ2v) is 12.6. The number of hydrogen-bond acceptors (Lipinski definition) is 6. The van der Waals surface area contributed by atoms with E-state index < -0.39 is 6.04 Å². The minimum absolute atomic E-state index is 0. The first-order chi connectivity index (χ1) is 21.9. The second kappa shape index (κ2) is 16.5. The first-order valence-corrected chi connectivity index (χ1v) is 16.0. The van der Waals surface area contributed by atoms with Crippen LogP contribution >= 0.6 is 36.4 Å². The smallest absolute Gasteiger partial charge is 0.245 e. The monoisotopic (exact) mass is 697 g/mol. The maximum absolute atomic E-state index is 14.1. The summed E-state index contributed by atoms with van der Waals surface area (Å²) in [7, 11) is 0. The number of piperazine rings is 1. The lowest BCUT2D eigenvalue weighted by Gasteiger charge is -2.38. The lowest BCUT2D eigenvalue weighted by molar-refractivity contribution is -0.137. The van der Waals surface area contributed by atoms with Gasteiger partial charge in [0.1, 0.15) is 18.7 Å². The summed E-state index contributed by atoms with van der Waals surface area (Å²) < 4.78 is 1.81. The number of nitrogens with zero attached hydrogens (tertiary/aromatic N) is 6. The highest BCUT2D eigenvalue weighted by Crippen LogP contribution is 2.37. The van der Waals surface area contributed by atoms with Gasteiger partial charge >= 0.3 is 0 Å². The van der Waals surface area contributed by atoms with Crippen molar-refractivity contribution in [1.82, 2.24) is 29.9 Å². The van der Waals surface area contributed by atoms with E-state index in [1.165, 1.54) is 11.1 Å². The van der Waals surface area contributed by atoms with Crippen molar-refractivity contribution >= 4 is 53.9 Å². The van der Waals surface area contributed by atoms with Crippen molar-refractivity contribution in [2.45, 2.75) is 57.9 Å². The Morgan fingerprint density at radius 2 is 1.64 bits per heavy atom. The molecule has 12 heteroatoms. The molecule has 0 aliphatic carbocycles. The number of nitrogens with one attached hydrogen (secondary N) is 1. The summed E-state index contributed by atoms with van der Waals surface area (Å²) in [5.41, 5.74) is 5.70. The van der Waals surface area contributed by atoms with Gasteiger partial charge in [-0.15, -0.1) is 24.8 Å². The number of anilines is 1. The van der Waals surface area contributed by atoms with Crippen molar-refractivity contribution in [3.05, 3.63) is 113 Å². The maximum Gasteiger partial charge on any atom is 0.245 e. The molecule has 2 amide bonds. The summed E-state index contributed by atoms with van der Waals surface area (Å²) in [6, 6.07) is 23.7. The van der Waals surface area contributed by atoms with Gasteiger partial charge < -0.3 is 15.1 Å². The second-order valence-electron chi connectivity index (χ2n) is 12.2. The Kier molecular flexibility index (Phi) is 12.7. The molecule has 1 aromatic heterocycles. The third kappa shape index (κ3) is 8.65. The van der Waals surface area contributed by atoms with Crippen molar-refractivity contribution in [2.75, 3.05) is 31.1 Å². The Hall–Kier alpha value is -3.63. The van der Waals surface area contributed by atoms with Gasteiger partial charge in [0, 0.05) is 68.4 Å². The fraction of sp³-hybridized carbons (Fsp3) is 0.371. The predicted molar refractivity (Wildman–Crippen MR) is 190 cm³/mol. The largest absolute Gasteiger partial charge is 0.368 e. The Morgan fingerprint density at radius 1 is 0.936 bits per heavy atom. The highest BCUT2D eigenvalue weighted by molar-refractivity contribution is 6.30. The van der Waals surface area contributed by atoms with Gasteiger partial charge in [0.25, 0.3) is 0 Å². The lowest BCUT2D eigenvalue weighted by Crippen LogP contribution is -2.56. The van der Waals surface area contributed by atoms with Crippen LogP contribution in [0, 0.1) is 0 Å². The highest BCUT2D eigenvalue weighted by Gasteiger charge is 2.35. The fourth-order valence-corrected chi connectivity index (χ4v) is 6.70. The third-order valence-corrected chi connectivity index (χ3v) is 9.17. The van der Waals surface area contributed by atoms with Crippen LogP contribution in [0.5, 0.6) is 0 Å². The molecule has 9 nitrogen and oxygen atoms in total. The van der Waals surface area contributed by atoms with E-state index in [0.29, 0.717) is 56.6 Å². The minimum atomic E-state index is -0.672. The molecule has 0 radical (unpaired) electrons. The molecule has 1 fully saturated rings. The molecule has 0 bridgehead atoms. The Bertz CT molecular complexity index is 1610. The zero-order valence-corrected chi connectivity index (χ0v) is 29.1. The Balaban J connectivity index is 0.00000250. The molecule has 4 aromatic rings. The van der Waals surface area contributed by atoms with Gasteiger partial charge in [-0.25, -0.2) is 9.67 Å². The number of halogens is 3. The zero-order chi connectivity index (χ0) is 31.3. The van der Waals surface area contributed by atoms with Crippen LogP contribution in [0.2, 0.25) is 5.02 Å². The zero-order valence-electron chi connectivity index (χ0n) is 26.7. The predicted octanol–water partition coefficient (Wildman–Crippen LogP) is 5.55. The highest BCUT2D eigenvalue weighted by atomic mass is 35.5. The van der Waals surface area contributed by atoms with Crippen LogP contribution in [-0.2, 0) is 29.1 Å². The molecule has 2 unspecified atom stereocenters. The molecule has 6 rings (SSSR count). The first-order valence-electron chi connectivity index (χ1n) is 15.7. The minimum Gasteiger partial charge on any atom is -0.368 e. The number of aromatic nitrogens is 3. The quantitative estimate of drug-likeness (QED) is 0.234. The SMILES string of the molecule is CC(C)N1Cc2ccccc2C1CC(=O)NC(Cc1ccc(Cl)cc1)C(=O)N1CCN(c2ccccc2Cn2cncn2)CC1.Cl.Cl. The van der Waals surface area contributed by atoms with Crippen LogP contribution < -0.4 is 10.2 Å². The average Bonchev–Trinajstić information content (AvgIpc) is 3.70. The lowest BCUT2D eigenvalue weighted by atomic mass is 10.0. The number of carbonyl (C=O) groups is 2. The van der Waals surface area contributed by atoms with Crippen molar-refractivity contribution in [1.29, 1.82) is 0 Å². The summed E-state index contributed by atoms with van der Waals surface area (Å²) in [6.45, 7) is 8.32. The fourth-order valence-electron chi connectivity index (χ4n) is 6.57. The van der Waals surface area contributed by atoms with Gasteiger partial charge in [0.15, 0.2) is 0 Å². The number of hydrogen-bond donors (Lipinski definition) is 1. The molecule has 3 aromatic carbocycles. The Morgan fingerprint density at radius 3 is 2.34 bits per heavy atom. The van der Waals surface area contributed by atoms with Crippen LogP contribution in [0.25, 0.3) is 0 Å². The van der Waals surface area contributed by atoms with E-state index in [4.69, 9.17) is 11.6 Å². The maximum atomic E-state index is 14.1. The number of para-hydroxylation sites is 1. The molecular formula is C35H42Cl3N7O2. The molecule has 1 saturated heterocycles. The van der Waals surface area contributed by atoms with E-state index in [1.807, 2.05) is 52.0 Å². The summed E-state index contributed by atoms with van der Waals surface area (Å²) >= 11 is 6.15. The number of amides is 2. The average molecular weight is 699 g/mol. The molecule has 0 saturated carbocycles. The van der Waals surface area contributed by atoms with E-state index in [2.05, 4.69) is 69.4 Å². The number of carbonyl (C=O) groups excluding carboxylic acids is 2. The van der Waals surface area contributed by atoms with Gasteiger partial charge in [0.2, 0.25) is 11.8 Å². The normalized spacial score (nSPS) is 16.6. The van der Waals surface area contributed by atoms with Crippen LogP contribution in [-0.4, -0.2) is 74.6 Å². The van der Waals surface area contributed by atoms with Gasteiger partial charge in [0.05, 0.1) is 6.54 Å². The van der Waals surface area contributed by atoms with E-state index in [0.717, 1.165) is 23.4 Å². The van der Waals surface area contributed by atoms with E-state index >= 15 is 0 Å². The Labute approximate surface area is 294 Å². The standard InChI is InChI=1S/C35H40ClN7O2.2ClH/c1-25(2)43-22-27-7-3-5-9-30(27)33(43)20-34(44)39-31(19-26-11-13-29(36)14-12-26)35(45)41-17-15-40(16-18-41)32-10-6-4-8-28(32)21-42-24-37-23-38-42;;/h3-14,23-25,31,33H,15-22H2,1-2H3,(H,39,44);2*1H. The van der Waals surface area contributed by atoms with E-state index in [-0.39, 0.29) is 42.7 Å². The third-order valence-electron chi connectivity index (χ3n) is 8.92. The van der Waals surface area contributed by atoms with Crippen molar-refractivity contribution in [3.8, 4) is 0 Å². The topological polar surface area (TPSA) is 86.6 Å². The van der Waals surface area contributed by atoms with Crippen LogP contribution in [0.3, 0.4) is 0 Å². The van der Waals surface area contributed by atoms with E-state index in [1.54, 1.807) is 12.7 Å². The van der Waals surface area contributed by atoms with E-state index in [9.17, 15) is 9.59 Å². The molecular weight excluding hydrogens is 657 g/mol.